The number of rotatable bonds is 3. The van der Waals surface area contributed by atoms with Gasteiger partial charge in [-0.15, -0.1) is 0 Å². The number of halogens is 3. The molecule has 2 aromatic heterocycles. The third-order valence-corrected chi connectivity index (χ3v) is 3.30. The Morgan fingerprint density at radius 1 is 1.23 bits per heavy atom. The summed E-state index contributed by atoms with van der Waals surface area (Å²) in [5.41, 5.74) is 1.44. The molecule has 0 saturated carbocycles. The van der Waals surface area contributed by atoms with E-state index in [0.717, 1.165) is 0 Å². The molecule has 0 spiro atoms. The Bertz CT molecular complexity index is 863. The summed E-state index contributed by atoms with van der Waals surface area (Å²) in [5.74, 6) is -1.27. The number of imidazole rings is 1. The molecule has 1 aromatic carbocycles. The van der Waals surface area contributed by atoms with Crippen LogP contribution in [0.4, 0.5) is 14.5 Å². The van der Waals surface area contributed by atoms with Crippen LogP contribution < -0.4 is 5.32 Å². The fraction of sp³-hybridized carbons (Fsp3) is 0.0667. The normalized spacial score (nSPS) is 10.9. The van der Waals surface area contributed by atoms with Crippen LogP contribution in [0.2, 0.25) is 5.02 Å². The van der Waals surface area contributed by atoms with Gasteiger partial charge in [-0.3, -0.25) is 4.79 Å². The van der Waals surface area contributed by atoms with Crippen molar-refractivity contribution in [1.29, 1.82) is 0 Å². The monoisotopic (exact) mass is 321 g/mol. The molecule has 3 rings (SSSR count). The van der Waals surface area contributed by atoms with Crippen molar-refractivity contribution in [3.8, 4) is 0 Å². The van der Waals surface area contributed by atoms with Gasteiger partial charge in [0, 0.05) is 18.1 Å². The third kappa shape index (κ3) is 3.07. The van der Waals surface area contributed by atoms with Gasteiger partial charge in [0.05, 0.1) is 17.1 Å². The molecule has 22 heavy (non-hydrogen) atoms. The molecule has 4 nitrogen and oxygen atoms in total. The SMILES string of the molecule is O=C(Cc1cn2cc(F)ccc2n1)Nc1ccc(F)c(Cl)c1. The van der Waals surface area contributed by atoms with Gasteiger partial charge in [0.15, 0.2) is 0 Å². The van der Waals surface area contributed by atoms with Crippen molar-refractivity contribution in [2.45, 2.75) is 6.42 Å². The van der Waals surface area contributed by atoms with Crippen LogP contribution in [0.25, 0.3) is 5.65 Å². The summed E-state index contributed by atoms with van der Waals surface area (Å²) in [7, 11) is 0. The molecule has 0 atom stereocenters. The fourth-order valence-corrected chi connectivity index (χ4v) is 2.23. The summed E-state index contributed by atoms with van der Waals surface area (Å²) in [6.07, 6.45) is 2.87. The predicted octanol–water partition coefficient (Wildman–Crippen LogP) is 3.45. The minimum atomic E-state index is -0.554. The minimum absolute atomic E-state index is 0.0122. The van der Waals surface area contributed by atoms with Crippen LogP contribution in [-0.2, 0) is 11.2 Å². The minimum Gasteiger partial charge on any atom is -0.326 e. The van der Waals surface area contributed by atoms with Gasteiger partial charge in [-0.1, -0.05) is 11.6 Å². The molecule has 3 aromatic rings. The van der Waals surface area contributed by atoms with E-state index >= 15 is 0 Å². The Balaban J connectivity index is 1.73. The van der Waals surface area contributed by atoms with Crippen LogP contribution in [-0.4, -0.2) is 15.3 Å². The van der Waals surface area contributed by atoms with Gasteiger partial charge in [-0.2, -0.15) is 0 Å². The van der Waals surface area contributed by atoms with E-state index < -0.39 is 5.82 Å². The first kappa shape index (κ1) is 14.5. The van der Waals surface area contributed by atoms with Gasteiger partial charge in [-0.05, 0) is 30.3 Å². The molecule has 0 saturated heterocycles. The topological polar surface area (TPSA) is 46.4 Å². The number of hydrogen-bond acceptors (Lipinski definition) is 2. The van der Waals surface area contributed by atoms with Gasteiger partial charge in [0.1, 0.15) is 17.3 Å². The van der Waals surface area contributed by atoms with Gasteiger partial charge in [0.25, 0.3) is 0 Å². The Hall–Kier alpha value is -2.47. The number of pyridine rings is 1. The third-order valence-electron chi connectivity index (χ3n) is 3.01. The van der Waals surface area contributed by atoms with Crippen molar-refractivity contribution in [2.75, 3.05) is 5.32 Å². The molecule has 0 fully saturated rings. The van der Waals surface area contributed by atoms with Crippen molar-refractivity contribution >= 4 is 28.8 Å². The Kier molecular flexibility index (Phi) is 3.77. The highest BCUT2D eigenvalue weighted by Crippen LogP contribution is 2.19. The number of carbonyl (C=O) groups is 1. The average Bonchev–Trinajstić information content (AvgIpc) is 2.84. The first-order chi connectivity index (χ1) is 10.5. The number of nitrogens with one attached hydrogen (secondary N) is 1. The van der Waals surface area contributed by atoms with E-state index in [1.165, 1.54) is 40.9 Å². The molecule has 0 bridgehead atoms. The molecular weight excluding hydrogens is 312 g/mol. The van der Waals surface area contributed by atoms with E-state index in [1.807, 2.05) is 0 Å². The zero-order valence-corrected chi connectivity index (χ0v) is 11.9. The van der Waals surface area contributed by atoms with Gasteiger partial charge in [0.2, 0.25) is 5.91 Å². The summed E-state index contributed by atoms with van der Waals surface area (Å²) in [5, 5.41) is 2.53. The molecular formula is C15H10ClF2N3O. The number of nitrogens with zero attached hydrogens (tertiary/aromatic N) is 2. The average molecular weight is 322 g/mol. The van der Waals surface area contributed by atoms with Crippen LogP contribution in [0.15, 0.2) is 42.7 Å². The summed E-state index contributed by atoms with van der Waals surface area (Å²) >= 11 is 5.65. The van der Waals surface area contributed by atoms with Crippen molar-refractivity contribution < 1.29 is 13.6 Å². The second-order valence-electron chi connectivity index (χ2n) is 4.70. The quantitative estimate of drug-likeness (QED) is 0.803. The second kappa shape index (κ2) is 5.73. The standard InChI is InChI=1S/C15H10ClF2N3O/c16-12-5-10(2-3-13(12)18)20-15(22)6-11-8-21-7-9(17)1-4-14(21)19-11/h1-5,7-8H,6H2,(H,20,22). The van der Waals surface area contributed by atoms with E-state index in [9.17, 15) is 13.6 Å². The lowest BCUT2D eigenvalue weighted by Crippen LogP contribution is -2.14. The smallest absolute Gasteiger partial charge is 0.230 e. The number of hydrogen-bond donors (Lipinski definition) is 1. The molecule has 1 N–H and O–H groups in total. The zero-order chi connectivity index (χ0) is 15.7. The lowest BCUT2D eigenvalue weighted by Gasteiger charge is -2.04. The number of carbonyl (C=O) groups excluding carboxylic acids is 1. The summed E-state index contributed by atoms with van der Waals surface area (Å²) in [6, 6.07) is 6.74. The van der Waals surface area contributed by atoms with Crippen molar-refractivity contribution in [2.24, 2.45) is 0 Å². The Morgan fingerprint density at radius 3 is 2.82 bits per heavy atom. The molecule has 0 unspecified atom stereocenters. The van der Waals surface area contributed by atoms with Gasteiger partial charge < -0.3 is 9.72 Å². The first-order valence-corrected chi connectivity index (χ1v) is 6.77. The first-order valence-electron chi connectivity index (χ1n) is 6.39. The molecule has 2 heterocycles. The highest BCUT2D eigenvalue weighted by atomic mass is 35.5. The van der Waals surface area contributed by atoms with Crippen LogP contribution in [0.3, 0.4) is 0 Å². The Morgan fingerprint density at radius 2 is 2.05 bits per heavy atom. The molecule has 7 heteroatoms. The molecule has 0 aliphatic carbocycles. The maximum Gasteiger partial charge on any atom is 0.230 e. The molecule has 1 amide bonds. The van der Waals surface area contributed by atoms with Crippen molar-refractivity contribution in [3.05, 3.63) is 65.1 Å². The van der Waals surface area contributed by atoms with E-state index in [2.05, 4.69) is 10.3 Å². The number of benzene rings is 1. The van der Waals surface area contributed by atoms with E-state index in [-0.39, 0.29) is 23.2 Å². The van der Waals surface area contributed by atoms with E-state index in [1.54, 1.807) is 6.20 Å². The van der Waals surface area contributed by atoms with Crippen LogP contribution in [0.5, 0.6) is 0 Å². The summed E-state index contributed by atoms with van der Waals surface area (Å²) < 4.78 is 27.6. The number of anilines is 1. The Labute approximate surface area is 129 Å². The highest BCUT2D eigenvalue weighted by Gasteiger charge is 2.09. The largest absolute Gasteiger partial charge is 0.326 e. The van der Waals surface area contributed by atoms with Gasteiger partial charge >= 0.3 is 0 Å². The van der Waals surface area contributed by atoms with Crippen LogP contribution >= 0.6 is 11.6 Å². The summed E-state index contributed by atoms with van der Waals surface area (Å²) in [4.78, 5) is 16.2. The molecule has 112 valence electrons. The lowest BCUT2D eigenvalue weighted by atomic mass is 10.2. The molecule has 0 radical (unpaired) electrons. The summed E-state index contributed by atoms with van der Waals surface area (Å²) in [6.45, 7) is 0. The lowest BCUT2D eigenvalue weighted by molar-refractivity contribution is -0.115. The zero-order valence-electron chi connectivity index (χ0n) is 11.2. The fourth-order valence-electron chi connectivity index (χ4n) is 2.05. The molecule has 0 aliphatic rings. The van der Waals surface area contributed by atoms with E-state index in [0.29, 0.717) is 17.0 Å². The maximum absolute atomic E-state index is 13.1. The maximum atomic E-state index is 13.1. The number of aromatic nitrogens is 2. The van der Waals surface area contributed by atoms with Crippen LogP contribution in [0, 0.1) is 11.6 Å². The van der Waals surface area contributed by atoms with E-state index in [4.69, 9.17) is 11.6 Å². The molecule has 0 aliphatic heterocycles. The highest BCUT2D eigenvalue weighted by molar-refractivity contribution is 6.31. The second-order valence-corrected chi connectivity index (χ2v) is 5.11. The predicted molar refractivity (Wildman–Crippen MR) is 78.9 cm³/mol. The van der Waals surface area contributed by atoms with Crippen LogP contribution in [0.1, 0.15) is 5.69 Å². The van der Waals surface area contributed by atoms with Crippen molar-refractivity contribution in [3.63, 3.8) is 0 Å². The van der Waals surface area contributed by atoms with Gasteiger partial charge in [-0.25, -0.2) is 13.8 Å². The number of fused-ring (bicyclic) bond motifs is 1. The number of amides is 1. The van der Waals surface area contributed by atoms with Crippen molar-refractivity contribution in [1.82, 2.24) is 9.38 Å².